The van der Waals surface area contributed by atoms with Gasteiger partial charge in [0, 0.05) is 18.7 Å². The number of benzene rings is 2. The predicted molar refractivity (Wildman–Crippen MR) is 76.6 cm³/mol. The molecule has 2 aromatic rings. The highest BCUT2D eigenvalue weighted by atomic mass is 16.6. The van der Waals surface area contributed by atoms with Gasteiger partial charge >= 0.3 is 0 Å². The molecule has 1 N–H and O–H groups in total. The number of nitro benzene ring substituents is 1. The number of nitro groups is 1. The third-order valence-corrected chi connectivity index (χ3v) is 2.83. The van der Waals surface area contributed by atoms with Crippen LogP contribution in [-0.2, 0) is 13.2 Å². The van der Waals surface area contributed by atoms with E-state index >= 15 is 0 Å². The molecule has 5 nitrogen and oxygen atoms in total. The molecular formula is C15H16N2O3. The summed E-state index contributed by atoms with van der Waals surface area (Å²) < 4.78 is 5.62. The van der Waals surface area contributed by atoms with E-state index in [-0.39, 0.29) is 5.69 Å². The van der Waals surface area contributed by atoms with Gasteiger partial charge in [-0.05, 0) is 30.3 Å². The Morgan fingerprint density at radius 1 is 1.15 bits per heavy atom. The summed E-state index contributed by atoms with van der Waals surface area (Å²) in [6.45, 7) is 1.12. The Kier molecular flexibility index (Phi) is 4.68. The first-order valence-corrected chi connectivity index (χ1v) is 6.28. The summed E-state index contributed by atoms with van der Waals surface area (Å²) in [5.74, 6) is 0.747. The van der Waals surface area contributed by atoms with Gasteiger partial charge in [0.15, 0.2) is 0 Å². The van der Waals surface area contributed by atoms with E-state index in [9.17, 15) is 10.1 Å². The quantitative estimate of drug-likeness (QED) is 0.648. The van der Waals surface area contributed by atoms with Crippen LogP contribution >= 0.6 is 0 Å². The zero-order valence-electron chi connectivity index (χ0n) is 11.2. The summed E-state index contributed by atoms with van der Waals surface area (Å²) in [5.41, 5.74) is 2.03. The van der Waals surface area contributed by atoms with E-state index < -0.39 is 4.92 Å². The van der Waals surface area contributed by atoms with Crippen LogP contribution in [0.4, 0.5) is 5.69 Å². The molecule has 0 unspecified atom stereocenters. The van der Waals surface area contributed by atoms with Crippen molar-refractivity contribution < 1.29 is 9.66 Å². The minimum absolute atomic E-state index is 0.0791. The third-order valence-electron chi connectivity index (χ3n) is 2.83. The topological polar surface area (TPSA) is 64.4 Å². The van der Waals surface area contributed by atoms with E-state index in [2.05, 4.69) is 5.32 Å². The maximum Gasteiger partial charge on any atom is 0.269 e. The second kappa shape index (κ2) is 6.68. The SMILES string of the molecule is CNCc1ccc(OCc2cccc([N+](=O)[O-])c2)cc1. The summed E-state index contributed by atoms with van der Waals surface area (Å²) >= 11 is 0. The van der Waals surface area contributed by atoms with Crippen molar-refractivity contribution in [1.82, 2.24) is 5.32 Å². The predicted octanol–water partition coefficient (Wildman–Crippen LogP) is 2.89. The highest BCUT2D eigenvalue weighted by Gasteiger charge is 2.05. The van der Waals surface area contributed by atoms with Crippen LogP contribution in [0.25, 0.3) is 0 Å². The van der Waals surface area contributed by atoms with Gasteiger partial charge < -0.3 is 10.1 Å². The molecule has 0 aromatic heterocycles. The number of rotatable bonds is 6. The van der Waals surface area contributed by atoms with Crippen LogP contribution in [0.15, 0.2) is 48.5 Å². The Labute approximate surface area is 117 Å². The minimum Gasteiger partial charge on any atom is -0.489 e. The lowest BCUT2D eigenvalue weighted by molar-refractivity contribution is -0.384. The number of hydrogen-bond acceptors (Lipinski definition) is 4. The molecule has 0 heterocycles. The molecule has 0 saturated carbocycles. The maximum absolute atomic E-state index is 10.7. The lowest BCUT2D eigenvalue weighted by Gasteiger charge is -2.07. The standard InChI is InChI=1S/C15H16N2O3/c1-16-10-12-5-7-15(8-6-12)20-11-13-3-2-4-14(9-13)17(18)19/h2-9,16H,10-11H2,1H3. The monoisotopic (exact) mass is 272 g/mol. The summed E-state index contributed by atoms with van der Waals surface area (Å²) in [7, 11) is 1.90. The van der Waals surface area contributed by atoms with E-state index in [1.165, 1.54) is 17.7 Å². The maximum atomic E-state index is 10.7. The van der Waals surface area contributed by atoms with Crippen LogP contribution in [0.5, 0.6) is 5.75 Å². The van der Waals surface area contributed by atoms with E-state index in [1.807, 2.05) is 37.4 Å². The van der Waals surface area contributed by atoms with Crippen LogP contribution in [0.3, 0.4) is 0 Å². The van der Waals surface area contributed by atoms with Crippen molar-refractivity contribution in [3.63, 3.8) is 0 Å². The van der Waals surface area contributed by atoms with Crippen LogP contribution < -0.4 is 10.1 Å². The number of hydrogen-bond donors (Lipinski definition) is 1. The molecule has 0 radical (unpaired) electrons. The van der Waals surface area contributed by atoms with Gasteiger partial charge in [-0.15, -0.1) is 0 Å². The van der Waals surface area contributed by atoms with Crippen molar-refractivity contribution in [2.24, 2.45) is 0 Å². The molecule has 0 aliphatic heterocycles. The van der Waals surface area contributed by atoms with Crippen molar-refractivity contribution in [3.8, 4) is 5.75 Å². The molecule has 0 amide bonds. The van der Waals surface area contributed by atoms with Gasteiger partial charge in [0.25, 0.3) is 5.69 Å². The molecule has 0 saturated heterocycles. The highest BCUT2D eigenvalue weighted by molar-refractivity contribution is 5.34. The number of non-ortho nitro benzene ring substituents is 1. The number of nitrogens with zero attached hydrogens (tertiary/aromatic N) is 1. The second-order valence-electron chi connectivity index (χ2n) is 4.39. The second-order valence-corrected chi connectivity index (χ2v) is 4.39. The van der Waals surface area contributed by atoms with Gasteiger partial charge in [-0.3, -0.25) is 10.1 Å². The van der Waals surface area contributed by atoms with Gasteiger partial charge in [-0.1, -0.05) is 24.3 Å². The van der Waals surface area contributed by atoms with Gasteiger partial charge in [0.05, 0.1) is 4.92 Å². The molecule has 104 valence electrons. The Morgan fingerprint density at radius 2 is 1.90 bits per heavy atom. The van der Waals surface area contributed by atoms with Crippen LogP contribution in [-0.4, -0.2) is 12.0 Å². The first-order valence-electron chi connectivity index (χ1n) is 6.28. The Balaban J connectivity index is 1.97. The molecular weight excluding hydrogens is 256 g/mol. The number of ether oxygens (including phenoxy) is 1. The Morgan fingerprint density at radius 3 is 2.55 bits per heavy atom. The van der Waals surface area contributed by atoms with E-state index in [4.69, 9.17) is 4.74 Å². The Hall–Kier alpha value is -2.40. The molecule has 0 fully saturated rings. The van der Waals surface area contributed by atoms with E-state index in [1.54, 1.807) is 6.07 Å². The summed E-state index contributed by atoms with van der Waals surface area (Å²) in [4.78, 5) is 10.3. The van der Waals surface area contributed by atoms with Crippen molar-refractivity contribution in [1.29, 1.82) is 0 Å². The molecule has 2 rings (SSSR count). The van der Waals surface area contributed by atoms with Gasteiger partial charge in [0.1, 0.15) is 12.4 Å². The molecule has 0 aliphatic carbocycles. The van der Waals surface area contributed by atoms with Crippen molar-refractivity contribution in [2.75, 3.05) is 7.05 Å². The fourth-order valence-electron chi connectivity index (χ4n) is 1.83. The van der Waals surface area contributed by atoms with Crippen LogP contribution in [0.2, 0.25) is 0 Å². The molecule has 0 atom stereocenters. The van der Waals surface area contributed by atoms with E-state index in [0.717, 1.165) is 17.9 Å². The molecule has 0 bridgehead atoms. The zero-order valence-corrected chi connectivity index (χ0v) is 11.2. The van der Waals surface area contributed by atoms with E-state index in [0.29, 0.717) is 6.61 Å². The van der Waals surface area contributed by atoms with Gasteiger partial charge in [0.2, 0.25) is 0 Å². The van der Waals surface area contributed by atoms with Crippen LogP contribution in [0, 0.1) is 10.1 Å². The average molecular weight is 272 g/mol. The minimum atomic E-state index is -0.407. The zero-order chi connectivity index (χ0) is 14.4. The first kappa shape index (κ1) is 14.0. The van der Waals surface area contributed by atoms with Gasteiger partial charge in [-0.25, -0.2) is 0 Å². The van der Waals surface area contributed by atoms with Crippen molar-refractivity contribution in [2.45, 2.75) is 13.2 Å². The molecule has 0 aliphatic rings. The fourth-order valence-corrected chi connectivity index (χ4v) is 1.83. The fraction of sp³-hybridized carbons (Fsp3) is 0.200. The first-order chi connectivity index (χ1) is 9.69. The smallest absolute Gasteiger partial charge is 0.269 e. The van der Waals surface area contributed by atoms with Crippen LogP contribution in [0.1, 0.15) is 11.1 Å². The summed E-state index contributed by atoms with van der Waals surface area (Å²) in [6.07, 6.45) is 0. The number of nitrogens with one attached hydrogen (secondary N) is 1. The van der Waals surface area contributed by atoms with Crippen molar-refractivity contribution in [3.05, 3.63) is 69.8 Å². The lowest BCUT2D eigenvalue weighted by atomic mass is 10.2. The molecule has 5 heteroatoms. The van der Waals surface area contributed by atoms with Crippen molar-refractivity contribution >= 4 is 5.69 Å². The molecule has 0 spiro atoms. The Bertz CT molecular complexity index is 582. The normalized spacial score (nSPS) is 10.2. The molecule has 20 heavy (non-hydrogen) atoms. The largest absolute Gasteiger partial charge is 0.489 e. The highest BCUT2D eigenvalue weighted by Crippen LogP contribution is 2.17. The summed E-state index contributed by atoms with van der Waals surface area (Å²) in [6, 6.07) is 14.2. The summed E-state index contributed by atoms with van der Waals surface area (Å²) in [5, 5.41) is 13.8. The average Bonchev–Trinajstić information content (AvgIpc) is 2.47. The lowest BCUT2D eigenvalue weighted by Crippen LogP contribution is -2.04. The molecule has 2 aromatic carbocycles. The van der Waals surface area contributed by atoms with Gasteiger partial charge in [-0.2, -0.15) is 0 Å². The third kappa shape index (κ3) is 3.80.